The van der Waals surface area contributed by atoms with Gasteiger partial charge in [-0.3, -0.25) is 0 Å². The maximum absolute atomic E-state index is 13.2. The summed E-state index contributed by atoms with van der Waals surface area (Å²) >= 11 is 0. The van der Waals surface area contributed by atoms with Crippen LogP contribution in [0, 0.1) is 0 Å². The molecule has 0 aromatic heterocycles. The molecule has 0 aliphatic rings. The Morgan fingerprint density at radius 1 is 0.783 bits per heavy atom. The first-order chi connectivity index (χ1) is 21.6. The smallest absolute Gasteiger partial charge is 0.343 e. The second-order valence-electron chi connectivity index (χ2n) is 12.8. The van der Waals surface area contributed by atoms with E-state index in [1.165, 1.54) is 12.2 Å². The molecule has 46 heavy (non-hydrogen) atoms. The summed E-state index contributed by atoms with van der Waals surface area (Å²) < 4.78 is 21.7. The largest absolute Gasteiger partial charge is 0.507 e. The van der Waals surface area contributed by atoms with Crippen LogP contribution in [0.5, 0.6) is 11.5 Å². The van der Waals surface area contributed by atoms with Crippen LogP contribution in [0.1, 0.15) is 106 Å². The molecule has 0 heterocycles. The van der Waals surface area contributed by atoms with Crippen LogP contribution < -0.4 is 4.74 Å². The highest BCUT2D eigenvalue weighted by Gasteiger charge is 2.28. The fraction of sp³-hybridized carbons (Fsp3) is 0.395. The maximum Gasteiger partial charge on any atom is 0.343 e. The van der Waals surface area contributed by atoms with Gasteiger partial charge in [0.05, 0.1) is 24.3 Å². The van der Waals surface area contributed by atoms with E-state index in [9.17, 15) is 19.5 Å². The van der Waals surface area contributed by atoms with Crippen molar-refractivity contribution in [2.45, 2.75) is 85.0 Å². The molecule has 0 unspecified atom stereocenters. The Morgan fingerprint density at radius 3 is 1.85 bits per heavy atom. The number of ether oxygens (including phenoxy) is 4. The number of esters is 3. The van der Waals surface area contributed by atoms with Crippen LogP contribution in [0.25, 0.3) is 0 Å². The van der Waals surface area contributed by atoms with Crippen molar-refractivity contribution >= 4 is 17.9 Å². The minimum Gasteiger partial charge on any atom is -0.507 e. The lowest BCUT2D eigenvalue weighted by atomic mass is 9.78. The van der Waals surface area contributed by atoms with E-state index in [0.29, 0.717) is 41.2 Å². The minimum absolute atomic E-state index is 0.0645. The van der Waals surface area contributed by atoms with E-state index in [-0.39, 0.29) is 17.3 Å². The summed E-state index contributed by atoms with van der Waals surface area (Å²) in [6.07, 6.45) is 9.19. The summed E-state index contributed by atoms with van der Waals surface area (Å²) in [5.74, 6) is -0.466. The van der Waals surface area contributed by atoms with Gasteiger partial charge in [0, 0.05) is 17.2 Å². The summed E-state index contributed by atoms with van der Waals surface area (Å²) in [5.41, 5.74) is 1.16. The molecule has 1 N–H and O–H groups in total. The van der Waals surface area contributed by atoms with Gasteiger partial charge in [-0.25, -0.2) is 14.4 Å². The van der Waals surface area contributed by atoms with Gasteiger partial charge in [0.2, 0.25) is 0 Å². The Morgan fingerprint density at radius 2 is 1.33 bits per heavy atom. The zero-order valence-electron chi connectivity index (χ0n) is 28.2. The van der Waals surface area contributed by atoms with Crippen molar-refractivity contribution < 1.29 is 38.4 Å². The molecule has 0 amide bonds. The molecule has 0 aliphatic heterocycles. The summed E-state index contributed by atoms with van der Waals surface area (Å²) in [4.78, 5) is 36.8. The molecule has 0 atom stereocenters. The molecule has 248 valence electrons. The second kappa shape index (κ2) is 17.2. The second-order valence-corrected chi connectivity index (χ2v) is 12.8. The predicted octanol–water partition coefficient (Wildman–Crippen LogP) is 8.64. The molecule has 2 aromatic rings. The van der Waals surface area contributed by atoms with Gasteiger partial charge in [-0.2, -0.15) is 0 Å². The minimum atomic E-state index is -0.592. The van der Waals surface area contributed by atoms with Crippen molar-refractivity contribution in [1.29, 1.82) is 0 Å². The molecule has 2 rings (SSSR count). The van der Waals surface area contributed by atoms with E-state index < -0.39 is 28.7 Å². The van der Waals surface area contributed by atoms with Crippen molar-refractivity contribution in [3.05, 3.63) is 108 Å². The van der Waals surface area contributed by atoms with Gasteiger partial charge in [0.15, 0.2) is 0 Å². The molecule has 0 fully saturated rings. The number of phenols is 1. The molecule has 0 saturated heterocycles. The van der Waals surface area contributed by atoms with Gasteiger partial charge in [0.1, 0.15) is 23.0 Å². The summed E-state index contributed by atoms with van der Waals surface area (Å²) in [6.45, 7) is 21.6. The van der Waals surface area contributed by atoms with E-state index in [1.807, 2.05) is 41.5 Å². The Labute approximate surface area is 273 Å². The highest BCUT2D eigenvalue weighted by atomic mass is 16.5. The third-order valence-corrected chi connectivity index (χ3v) is 6.92. The van der Waals surface area contributed by atoms with Crippen molar-refractivity contribution in [2.24, 2.45) is 0 Å². The fourth-order valence-corrected chi connectivity index (χ4v) is 4.30. The molecular weight excluding hydrogens is 584 g/mol. The molecule has 0 aliphatic carbocycles. The highest BCUT2D eigenvalue weighted by Crippen LogP contribution is 2.40. The van der Waals surface area contributed by atoms with E-state index in [0.717, 1.165) is 31.8 Å². The van der Waals surface area contributed by atoms with Crippen molar-refractivity contribution in [3.8, 4) is 11.5 Å². The fourth-order valence-electron chi connectivity index (χ4n) is 4.30. The van der Waals surface area contributed by atoms with Gasteiger partial charge >= 0.3 is 17.9 Å². The zero-order chi connectivity index (χ0) is 34.5. The van der Waals surface area contributed by atoms with Gasteiger partial charge in [0.25, 0.3) is 0 Å². The standard InChI is InChI=1S/C38H48O8/c1-10-29(46-36(42)28-24-31(37(4,5)6)34(40)32(25-28)38(7,8)9)19-16-26(3)45-35(41)27-17-20-30(21-18-27)43-22-14-12-13-15-23-44-33(39)11-2/h10-11,16-21,24-25,40H,2-3,12-15,22-23H2,1,4-9H3/b19-16-,29-10+. The number of benzene rings is 2. The number of carbonyl (C=O) groups excluding carboxylic acids is 3. The average Bonchev–Trinajstić information content (AvgIpc) is 2.99. The lowest BCUT2D eigenvalue weighted by Crippen LogP contribution is -2.19. The van der Waals surface area contributed by atoms with Crippen molar-refractivity contribution in [1.82, 2.24) is 0 Å². The van der Waals surface area contributed by atoms with Crippen LogP contribution in [-0.2, 0) is 29.8 Å². The zero-order valence-corrected chi connectivity index (χ0v) is 28.2. The third kappa shape index (κ3) is 12.1. The number of unbranched alkanes of at least 4 members (excludes halogenated alkanes) is 3. The first kappa shape index (κ1) is 37.6. The monoisotopic (exact) mass is 632 g/mol. The normalized spacial score (nSPS) is 12.0. The van der Waals surface area contributed by atoms with Gasteiger partial charge in [-0.15, -0.1) is 0 Å². The van der Waals surface area contributed by atoms with Gasteiger partial charge < -0.3 is 24.1 Å². The summed E-state index contributed by atoms with van der Waals surface area (Å²) in [6, 6.07) is 9.93. The first-order valence-corrected chi connectivity index (χ1v) is 15.4. The number of hydrogen-bond donors (Lipinski definition) is 1. The molecule has 0 bridgehead atoms. The topological polar surface area (TPSA) is 108 Å². The van der Waals surface area contributed by atoms with Crippen LogP contribution >= 0.6 is 0 Å². The first-order valence-electron chi connectivity index (χ1n) is 15.4. The van der Waals surface area contributed by atoms with Crippen LogP contribution in [0.3, 0.4) is 0 Å². The highest BCUT2D eigenvalue weighted by molar-refractivity contribution is 5.92. The molecule has 0 radical (unpaired) electrons. The van der Waals surface area contributed by atoms with Crippen LogP contribution in [0.2, 0.25) is 0 Å². The average molecular weight is 633 g/mol. The van der Waals surface area contributed by atoms with Gasteiger partial charge in [-0.05, 0) is 98.1 Å². The van der Waals surface area contributed by atoms with E-state index in [2.05, 4.69) is 13.2 Å². The summed E-state index contributed by atoms with van der Waals surface area (Å²) in [7, 11) is 0. The maximum atomic E-state index is 13.2. The lowest BCUT2D eigenvalue weighted by Gasteiger charge is -2.28. The van der Waals surface area contributed by atoms with Crippen LogP contribution in [0.15, 0.2) is 85.4 Å². The molecule has 0 saturated carbocycles. The van der Waals surface area contributed by atoms with E-state index in [4.69, 9.17) is 18.9 Å². The number of rotatable bonds is 15. The van der Waals surface area contributed by atoms with E-state index in [1.54, 1.807) is 49.4 Å². The molecular formula is C38H48O8. The number of allylic oxidation sites excluding steroid dienone is 3. The van der Waals surface area contributed by atoms with Gasteiger partial charge in [-0.1, -0.05) is 54.7 Å². The Balaban J connectivity index is 1.91. The van der Waals surface area contributed by atoms with Crippen LogP contribution in [-0.4, -0.2) is 36.2 Å². The quantitative estimate of drug-likeness (QED) is 0.0519. The molecule has 8 nitrogen and oxygen atoms in total. The van der Waals surface area contributed by atoms with Crippen LogP contribution in [0.4, 0.5) is 0 Å². The number of hydrogen-bond acceptors (Lipinski definition) is 8. The summed E-state index contributed by atoms with van der Waals surface area (Å²) in [5, 5.41) is 11.0. The number of carbonyl (C=O) groups is 3. The lowest BCUT2D eigenvalue weighted by molar-refractivity contribution is -0.137. The third-order valence-electron chi connectivity index (χ3n) is 6.92. The van der Waals surface area contributed by atoms with Crippen molar-refractivity contribution in [3.63, 3.8) is 0 Å². The van der Waals surface area contributed by atoms with E-state index >= 15 is 0 Å². The Hall–Kier alpha value is -4.59. The molecule has 8 heteroatoms. The Bertz CT molecular complexity index is 1410. The Kier molecular flexibility index (Phi) is 14.1. The SMILES string of the molecule is C=CC(=O)OCCCCCCOc1ccc(C(=O)OC(=C)/C=C\C(=C/C)OC(=O)c2cc(C(C)(C)C)c(O)c(C(C)(C)C)c2)cc1. The number of phenolic OH excluding ortho intramolecular Hbond substituents is 1. The molecule has 0 spiro atoms. The number of aromatic hydroxyl groups is 1. The predicted molar refractivity (Wildman–Crippen MR) is 180 cm³/mol. The molecule has 2 aromatic carbocycles. The van der Waals surface area contributed by atoms with Crippen molar-refractivity contribution in [2.75, 3.05) is 13.2 Å².